The molecule has 2 saturated heterocycles. The van der Waals surface area contributed by atoms with Gasteiger partial charge < -0.3 is 33.2 Å². The van der Waals surface area contributed by atoms with Gasteiger partial charge in [-0.3, -0.25) is 34.0 Å². The Labute approximate surface area is 466 Å². The Kier molecular flexibility index (Phi) is 24.4. The lowest BCUT2D eigenvalue weighted by molar-refractivity contribution is -0.166. The maximum Gasteiger partial charge on any atom is 0.310 e. The van der Waals surface area contributed by atoms with Gasteiger partial charge in [-0.1, -0.05) is 86.2 Å². The number of carbonyl (C=O) groups is 3. The molecule has 14 heteroatoms. The Balaban J connectivity index is 1.42. The largest absolute Gasteiger partial charge is 0.490 e. The summed E-state index contributed by atoms with van der Waals surface area (Å²) in [4.78, 5) is 49.7. The van der Waals surface area contributed by atoms with Gasteiger partial charge >= 0.3 is 17.9 Å². The summed E-state index contributed by atoms with van der Waals surface area (Å²) >= 11 is 0. The Hall–Kier alpha value is -4.21. The predicted octanol–water partition coefficient (Wildman–Crippen LogP) is 11.2. The molecule has 6 unspecified atom stereocenters. The zero-order valence-corrected chi connectivity index (χ0v) is 51.2. The average Bonchev–Trinajstić information content (AvgIpc) is 3.88. The molecule has 2 aliphatic heterocycles. The van der Waals surface area contributed by atoms with Crippen molar-refractivity contribution in [1.82, 2.24) is 19.6 Å². The summed E-state index contributed by atoms with van der Waals surface area (Å²) in [6.45, 7) is 49.1. The van der Waals surface area contributed by atoms with Crippen LogP contribution in [-0.4, -0.2) is 157 Å². The van der Waals surface area contributed by atoms with Crippen LogP contribution in [0.4, 0.5) is 0 Å². The van der Waals surface area contributed by atoms with Gasteiger partial charge in [0, 0.05) is 60.7 Å². The molecule has 0 saturated carbocycles. The van der Waals surface area contributed by atoms with E-state index < -0.39 is 17.6 Å². The van der Waals surface area contributed by atoms with E-state index in [9.17, 15) is 14.4 Å². The standard InChI is InChI=1S/C63H104N4O10/c1-20-32-64(59(8,9)10)38-46(4)56(68)73-43-54(76-49(7)45(3)37-67-35-36-75-63(67,18)19)41-71-52-27-23-50(24-28-52)62(16,17)51-25-29-53(30-26-51)72-42-55(77-58(70)48(6)40-66-34-22-31-61(66,14)15)44-74-57(69)47(5)39-65(33-21-2)60(11,12)13/h23-30,45-48,54-55H,7,20-22,31-44H2,1-6,8-19H3. The highest BCUT2D eigenvalue weighted by molar-refractivity contribution is 5.73. The number of nitrogens with zero attached hydrogens (tertiary/aromatic N) is 4. The fourth-order valence-electron chi connectivity index (χ4n) is 10.1. The molecule has 6 atom stereocenters. The second-order valence-electron chi connectivity index (χ2n) is 25.8. The molecule has 2 aromatic rings. The van der Waals surface area contributed by atoms with Gasteiger partial charge in [-0.25, -0.2) is 0 Å². The molecular weight excluding hydrogens is 973 g/mol. The van der Waals surface area contributed by atoms with Crippen molar-refractivity contribution in [3.63, 3.8) is 0 Å². The third-order valence-corrected chi connectivity index (χ3v) is 15.7. The highest BCUT2D eigenvalue weighted by atomic mass is 16.6. The SMILES string of the molecule is C=C(OC(COC(=O)C(C)CN(CCC)C(C)(C)C)COc1ccc(C(C)(C)c2ccc(OCC(COC(=O)C(C)CN(CCC)C(C)(C)C)OC(=O)C(C)CN3CCCC3(C)C)cc2)cc1)C(C)CN1CCOC1(C)C. The number of benzene rings is 2. The van der Waals surface area contributed by atoms with E-state index in [1.807, 2.05) is 57.2 Å². The summed E-state index contributed by atoms with van der Waals surface area (Å²) in [6, 6.07) is 16.0. The van der Waals surface area contributed by atoms with Crippen LogP contribution >= 0.6 is 0 Å². The fourth-order valence-corrected chi connectivity index (χ4v) is 10.1. The first-order chi connectivity index (χ1) is 35.9. The zero-order valence-electron chi connectivity index (χ0n) is 51.2. The summed E-state index contributed by atoms with van der Waals surface area (Å²) in [6.07, 6.45) is 2.77. The van der Waals surface area contributed by atoms with Crippen molar-refractivity contribution in [1.29, 1.82) is 0 Å². The Morgan fingerprint density at radius 1 is 0.610 bits per heavy atom. The van der Waals surface area contributed by atoms with Crippen molar-refractivity contribution >= 4 is 17.9 Å². The summed E-state index contributed by atoms with van der Waals surface area (Å²) in [5.74, 6) is -0.151. The molecule has 0 aliphatic carbocycles. The highest BCUT2D eigenvalue weighted by Gasteiger charge is 2.37. The van der Waals surface area contributed by atoms with Gasteiger partial charge in [0.05, 0.1) is 30.1 Å². The first-order valence-electron chi connectivity index (χ1n) is 28.9. The van der Waals surface area contributed by atoms with E-state index in [1.165, 1.54) is 0 Å². The Morgan fingerprint density at radius 2 is 1.05 bits per heavy atom. The summed E-state index contributed by atoms with van der Waals surface area (Å²) in [5.41, 5.74) is 1.25. The van der Waals surface area contributed by atoms with Crippen LogP contribution in [0.15, 0.2) is 60.9 Å². The molecule has 0 aromatic heterocycles. The number of esters is 3. The van der Waals surface area contributed by atoms with E-state index in [-0.39, 0.29) is 90.3 Å². The van der Waals surface area contributed by atoms with Crippen LogP contribution in [-0.2, 0) is 43.5 Å². The van der Waals surface area contributed by atoms with Gasteiger partial charge in [-0.05, 0) is 150 Å². The van der Waals surface area contributed by atoms with E-state index >= 15 is 0 Å². The molecule has 14 nitrogen and oxygen atoms in total. The number of carbonyl (C=O) groups excluding carboxylic acids is 3. The van der Waals surface area contributed by atoms with Gasteiger partial charge in [0.2, 0.25) is 0 Å². The molecule has 4 rings (SSSR count). The fraction of sp³-hybridized carbons (Fsp3) is 0.730. The molecule has 0 spiro atoms. The molecule has 0 amide bonds. The third kappa shape index (κ3) is 20.1. The number of hydrogen-bond donors (Lipinski definition) is 0. The van der Waals surface area contributed by atoms with Crippen LogP contribution in [0.25, 0.3) is 0 Å². The van der Waals surface area contributed by atoms with Crippen molar-refractivity contribution in [3.05, 3.63) is 72.0 Å². The highest BCUT2D eigenvalue weighted by Crippen LogP contribution is 2.34. The minimum atomic E-state index is -0.801. The number of ether oxygens (including phenoxy) is 7. The van der Waals surface area contributed by atoms with Crippen LogP contribution < -0.4 is 9.47 Å². The minimum Gasteiger partial charge on any atom is -0.490 e. The van der Waals surface area contributed by atoms with E-state index in [2.05, 4.69) is 142 Å². The molecule has 2 aliphatic rings. The summed E-state index contributed by atoms with van der Waals surface area (Å²) in [5, 5.41) is 0. The second-order valence-corrected chi connectivity index (χ2v) is 25.8. The number of likely N-dealkylation sites (tertiary alicyclic amines) is 1. The lowest BCUT2D eigenvalue weighted by Crippen LogP contribution is -2.46. The predicted molar refractivity (Wildman–Crippen MR) is 308 cm³/mol. The van der Waals surface area contributed by atoms with Crippen LogP contribution in [0, 0.1) is 23.7 Å². The van der Waals surface area contributed by atoms with Crippen molar-refractivity contribution in [2.24, 2.45) is 23.7 Å². The molecule has 0 N–H and O–H groups in total. The van der Waals surface area contributed by atoms with Crippen molar-refractivity contribution in [2.75, 3.05) is 85.4 Å². The lowest BCUT2D eigenvalue weighted by atomic mass is 9.78. The molecule has 0 bridgehead atoms. The maximum absolute atomic E-state index is 13.6. The summed E-state index contributed by atoms with van der Waals surface area (Å²) < 4.78 is 43.0. The summed E-state index contributed by atoms with van der Waals surface area (Å²) in [7, 11) is 0. The smallest absolute Gasteiger partial charge is 0.310 e. The van der Waals surface area contributed by atoms with Crippen LogP contribution in [0.1, 0.15) is 161 Å². The lowest BCUT2D eigenvalue weighted by Gasteiger charge is -2.36. The molecule has 77 heavy (non-hydrogen) atoms. The Bertz CT molecular complexity index is 2000. The number of hydrogen-bond acceptors (Lipinski definition) is 14. The average molecular weight is 1080 g/mol. The molecule has 436 valence electrons. The molecule has 0 radical (unpaired) electrons. The normalized spacial score (nSPS) is 18.5. The van der Waals surface area contributed by atoms with E-state index in [4.69, 9.17) is 33.2 Å². The van der Waals surface area contributed by atoms with Crippen LogP contribution in [0.2, 0.25) is 0 Å². The molecular formula is C63H104N4O10. The third-order valence-electron chi connectivity index (χ3n) is 15.7. The number of rotatable bonds is 31. The van der Waals surface area contributed by atoms with Crippen molar-refractivity contribution in [3.8, 4) is 11.5 Å². The van der Waals surface area contributed by atoms with Crippen LogP contribution in [0.3, 0.4) is 0 Å². The van der Waals surface area contributed by atoms with Gasteiger partial charge in [-0.2, -0.15) is 0 Å². The first kappa shape index (κ1) is 65.3. The van der Waals surface area contributed by atoms with E-state index in [0.717, 1.165) is 63.0 Å². The Morgan fingerprint density at radius 3 is 1.44 bits per heavy atom. The topological polar surface area (TPSA) is 129 Å². The van der Waals surface area contributed by atoms with Crippen molar-refractivity contribution < 1.29 is 47.5 Å². The minimum absolute atomic E-state index is 0.0102. The molecule has 2 fully saturated rings. The second kappa shape index (κ2) is 28.8. The van der Waals surface area contributed by atoms with Gasteiger partial charge in [0.1, 0.15) is 43.7 Å². The van der Waals surface area contributed by atoms with Crippen molar-refractivity contribution in [2.45, 2.75) is 190 Å². The van der Waals surface area contributed by atoms with Gasteiger partial charge in [-0.15, -0.1) is 0 Å². The van der Waals surface area contributed by atoms with Crippen LogP contribution in [0.5, 0.6) is 11.5 Å². The molecule has 2 heterocycles. The molecule has 2 aromatic carbocycles. The zero-order chi connectivity index (χ0) is 57.5. The van der Waals surface area contributed by atoms with E-state index in [1.54, 1.807) is 0 Å². The van der Waals surface area contributed by atoms with Gasteiger partial charge in [0.15, 0.2) is 12.2 Å². The van der Waals surface area contributed by atoms with E-state index in [0.29, 0.717) is 50.0 Å². The monoisotopic (exact) mass is 1080 g/mol. The first-order valence-corrected chi connectivity index (χ1v) is 28.9. The maximum atomic E-state index is 13.6. The van der Waals surface area contributed by atoms with Gasteiger partial charge in [0.25, 0.3) is 0 Å². The quantitative estimate of drug-likeness (QED) is 0.0403.